The van der Waals surface area contributed by atoms with Crippen LogP contribution in [0.4, 0.5) is 4.79 Å². The summed E-state index contributed by atoms with van der Waals surface area (Å²) in [6.07, 6.45) is 1.53. The lowest BCUT2D eigenvalue weighted by molar-refractivity contribution is -0.176. The summed E-state index contributed by atoms with van der Waals surface area (Å²) in [5.74, 6) is 0.0450. The molecular formula is C22H31NO7S2. The summed E-state index contributed by atoms with van der Waals surface area (Å²) in [5.41, 5.74) is -0.609. The second-order valence-electron chi connectivity index (χ2n) is 8.21. The highest BCUT2D eigenvalue weighted by Crippen LogP contribution is 2.43. The average molecular weight is 486 g/mol. The average Bonchev–Trinajstić information content (AvgIpc) is 3.24. The number of thiocarbonyl (C=S) groups is 1. The zero-order valence-corrected chi connectivity index (χ0v) is 20.9. The number of thioether (sulfide) groups is 1. The number of esters is 1. The summed E-state index contributed by atoms with van der Waals surface area (Å²) in [4.78, 5) is 24.9. The van der Waals surface area contributed by atoms with Gasteiger partial charge in [-0.3, -0.25) is 0 Å². The lowest BCUT2D eigenvalue weighted by Crippen LogP contribution is -2.46. The van der Waals surface area contributed by atoms with Gasteiger partial charge in [0.05, 0.1) is 14.2 Å². The summed E-state index contributed by atoms with van der Waals surface area (Å²) >= 11 is 6.55. The first-order chi connectivity index (χ1) is 15.1. The van der Waals surface area contributed by atoms with Crippen LogP contribution in [0.1, 0.15) is 50.8 Å². The molecule has 1 saturated heterocycles. The number of carbonyl (C=O) groups excluding carboxylic acids is 2. The van der Waals surface area contributed by atoms with Gasteiger partial charge in [0.1, 0.15) is 11.4 Å². The van der Waals surface area contributed by atoms with Crippen LogP contribution in [0.3, 0.4) is 0 Å². The molecule has 1 amide bonds. The molecule has 2 unspecified atom stereocenters. The summed E-state index contributed by atoms with van der Waals surface area (Å²) in [6.45, 7) is 5.93. The van der Waals surface area contributed by atoms with Crippen LogP contribution in [-0.2, 0) is 30.3 Å². The first-order valence-corrected chi connectivity index (χ1v) is 11.8. The van der Waals surface area contributed by atoms with E-state index in [1.54, 1.807) is 52.3 Å². The van der Waals surface area contributed by atoms with Gasteiger partial charge in [-0.2, -0.15) is 0 Å². The Labute approximate surface area is 198 Å². The quantitative estimate of drug-likeness (QED) is 0.452. The van der Waals surface area contributed by atoms with E-state index in [0.29, 0.717) is 36.3 Å². The van der Waals surface area contributed by atoms with Crippen molar-refractivity contribution < 1.29 is 33.3 Å². The Balaban J connectivity index is 2.41. The fourth-order valence-electron chi connectivity index (χ4n) is 3.47. The van der Waals surface area contributed by atoms with Gasteiger partial charge in [0.2, 0.25) is 9.98 Å². The first-order valence-electron chi connectivity index (χ1n) is 10.2. The molecule has 1 N–H and O–H groups in total. The molecule has 1 heterocycles. The van der Waals surface area contributed by atoms with E-state index in [9.17, 15) is 9.59 Å². The molecule has 1 aliphatic rings. The van der Waals surface area contributed by atoms with E-state index in [1.165, 1.54) is 18.9 Å². The number of alkyl carbamates (subject to hydrolysis) is 1. The first kappa shape index (κ1) is 26.2. The van der Waals surface area contributed by atoms with Gasteiger partial charge in [0, 0.05) is 18.7 Å². The Morgan fingerprint density at radius 1 is 1.31 bits per heavy atom. The van der Waals surface area contributed by atoms with E-state index in [4.69, 9.17) is 35.9 Å². The van der Waals surface area contributed by atoms with E-state index in [0.717, 1.165) is 0 Å². The van der Waals surface area contributed by atoms with Crippen molar-refractivity contribution in [3.8, 4) is 5.75 Å². The van der Waals surface area contributed by atoms with E-state index in [2.05, 4.69) is 5.32 Å². The summed E-state index contributed by atoms with van der Waals surface area (Å²) < 4.78 is 28.0. The number of hydrogen-bond donors (Lipinski definition) is 1. The van der Waals surface area contributed by atoms with Crippen LogP contribution in [0.5, 0.6) is 5.75 Å². The molecule has 8 nitrogen and oxygen atoms in total. The molecule has 2 rings (SSSR count). The van der Waals surface area contributed by atoms with E-state index in [1.807, 2.05) is 0 Å². The van der Waals surface area contributed by atoms with Crippen molar-refractivity contribution in [1.82, 2.24) is 5.32 Å². The monoisotopic (exact) mass is 485 g/mol. The molecule has 1 aromatic carbocycles. The fraction of sp³-hybridized carbons (Fsp3) is 0.591. The zero-order chi connectivity index (χ0) is 23.9. The lowest BCUT2D eigenvalue weighted by atomic mass is 9.87. The lowest BCUT2D eigenvalue weighted by Gasteiger charge is -2.34. The Hall–Kier alpha value is -2.04. The number of hydrogen-bond acceptors (Lipinski definition) is 9. The molecule has 2 atom stereocenters. The molecule has 0 saturated carbocycles. The number of ether oxygens (including phenoxy) is 5. The maximum Gasteiger partial charge on any atom is 0.407 e. The Bertz CT molecular complexity index is 832. The summed E-state index contributed by atoms with van der Waals surface area (Å²) in [7, 11) is 2.86. The highest BCUT2D eigenvalue weighted by atomic mass is 32.2. The van der Waals surface area contributed by atoms with E-state index in [-0.39, 0.29) is 10.9 Å². The van der Waals surface area contributed by atoms with Crippen molar-refractivity contribution in [2.75, 3.05) is 27.1 Å². The smallest absolute Gasteiger partial charge is 0.407 e. The van der Waals surface area contributed by atoms with Crippen LogP contribution in [-0.4, -0.2) is 54.7 Å². The molecule has 1 aromatic rings. The maximum atomic E-state index is 12.8. The van der Waals surface area contributed by atoms with Gasteiger partial charge in [-0.15, -0.1) is 0 Å². The number of amides is 1. The minimum absolute atomic E-state index is 0.150. The topological polar surface area (TPSA) is 92.3 Å². The molecule has 0 radical (unpaired) electrons. The molecule has 178 valence electrons. The molecular weight excluding hydrogens is 454 g/mol. The van der Waals surface area contributed by atoms with Crippen molar-refractivity contribution in [1.29, 1.82) is 0 Å². The molecule has 1 fully saturated rings. The third-order valence-electron chi connectivity index (χ3n) is 4.82. The van der Waals surface area contributed by atoms with Crippen molar-refractivity contribution >= 4 is 40.4 Å². The van der Waals surface area contributed by atoms with Crippen LogP contribution >= 0.6 is 24.0 Å². The van der Waals surface area contributed by atoms with Crippen LogP contribution in [0.15, 0.2) is 18.2 Å². The SMILES string of the molecule is COC(=O)C1(C(OC(=S)SC)c2ccc(OC)c(CNC(=O)OC(C)(C)C)c2)CCCO1. The number of carbonyl (C=O) groups is 2. The van der Waals surface area contributed by atoms with Crippen LogP contribution < -0.4 is 10.1 Å². The van der Waals surface area contributed by atoms with E-state index >= 15 is 0 Å². The summed E-state index contributed by atoms with van der Waals surface area (Å²) in [5, 5.41) is 2.73. The van der Waals surface area contributed by atoms with Gasteiger partial charge in [-0.1, -0.05) is 17.8 Å². The number of benzene rings is 1. The van der Waals surface area contributed by atoms with Crippen LogP contribution in [0.25, 0.3) is 0 Å². The van der Waals surface area contributed by atoms with E-state index < -0.39 is 29.4 Å². The third-order valence-corrected chi connectivity index (χ3v) is 5.84. The maximum absolute atomic E-state index is 12.8. The molecule has 1 aliphatic heterocycles. The van der Waals surface area contributed by atoms with Gasteiger partial charge in [0.25, 0.3) is 0 Å². The zero-order valence-electron chi connectivity index (χ0n) is 19.3. The molecule has 0 bridgehead atoms. The Morgan fingerprint density at radius 2 is 2.03 bits per heavy atom. The van der Waals surface area contributed by atoms with Crippen LogP contribution in [0.2, 0.25) is 0 Å². The Morgan fingerprint density at radius 3 is 2.56 bits per heavy atom. The molecule has 0 spiro atoms. The second-order valence-corrected chi connectivity index (χ2v) is 9.62. The van der Waals surface area contributed by atoms with Crippen molar-refractivity contribution in [3.05, 3.63) is 29.3 Å². The number of methoxy groups -OCH3 is 2. The second kappa shape index (κ2) is 11.2. The predicted octanol–water partition coefficient (Wildman–Crippen LogP) is 4.15. The van der Waals surface area contributed by atoms with Gasteiger partial charge < -0.3 is 29.0 Å². The molecule has 32 heavy (non-hydrogen) atoms. The van der Waals surface area contributed by atoms with Gasteiger partial charge in [-0.05, 0) is 69.8 Å². The largest absolute Gasteiger partial charge is 0.496 e. The van der Waals surface area contributed by atoms with Crippen LogP contribution in [0, 0.1) is 0 Å². The predicted molar refractivity (Wildman–Crippen MR) is 126 cm³/mol. The summed E-state index contributed by atoms with van der Waals surface area (Å²) in [6, 6.07) is 5.34. The van der Waals surface area contributed by atoms with Crippen molar-refractivity contribution in [3.63, 3.8) is 0 Å². The molecule has 0 aromatic heterocycles. The minimum atomic E-state index is -1.32. The van der Waals surface area contributed by atoms with Gasteiger partial charge >= 0.3 is 12.1 Å². The normalized spacial score (nSPS) is 19.1. The number of rotatable bonds is 7. The van der Waals surface area contributed by atoms with Crippen molar-refractivity contribution in [2.24, 2.45) is 0 Å². The van der Waals surface area contributed by atoms with Gasteiger partial charge in [0.15, 0.2) is 6.10 Å². The Kier molecular flexibility index (Phi) is 9.18. The highest BCUT2D eigenvalue weighted by molar-refractivity contribution is 8.22. The highest BCUT2D eigenvalue weighted by Gasteiger charge is 2.53. The van der Waals surface area contributed by atoms with Gasteiger partial charge in [-0.25, -0.2) is 9.59 Å². The minimum Gasteiger partial charge on any atom is -0.496 e. The fourth-order valence-corrected chi connectivity index (χ4v) is 3.76. The molecule has 0 aliphatic carbocycles. The number of nitrogens with one attached hydrogen (secondary N) is 1. The third kappa shape index (κ3) is 6.49. The standard InChI is InChI=1S/C22H31NO7S2/c1-21(2,3)30-19(25)23-13-15-12-14(8-9-16(15)26-4)17(29-20(31)32-6)22(18(24)27-5)10-7-11-28-22/h8-9,12,17H,7,10-11,13H2,1-6H3,(H,23,25). The molecule has 10 heteroatoms. The van der Waals surface area contributed by atoms with Crippen molar-refractivity contribution in [2.45, 2.75) is 57.5 Å².